The first-order chi connectivity index (χ1) is 10.1. The number of rotatable bonds is 5. The van der Waals surface area contributed by atoms with Crippen LogP contribution >= 0.6 is 31.9 Å². The van der Waals surface area contributed by atoms with Crippen LogP contribution in [0, 0.1) is 5.82 Å². The van der Waals surface area contributed by atoms with Crippen molar-refractivity contribution in [1.82, 2.24) is 5.32 Å². The number of alkyl halides is 1. The van der Waals surface area contributed by atoms with E-state index in [1.165, 1.54) is 12.1 Å². The summed E-state index contributed by atoms with van der Waals surface area (Å²) in [6.07, 6.45) is 0.717. The highest BCUT2D eigenvalue weighted by Crippen LogP contribution is 2.15. The van der Waals surface area contributed by atoms with E-state index in [4.69, 9.17) is 0 Å². The van der Waals surface area contributed by atoms with Crippen LogP contribution in [0.2, 0.25) is 0 Å². The van der Waals surface area contributed by atoms with Gasteiger partial charge < -0.3 is 5.32 Å². The van der Waals surface area contributed by atoms with Crippen LogP contribution in [0.1, 0.15) is 15.9 Å². The molecule has 1 unspecified atom stereocenters. The van der Waals surface area contributed by atoms with Crippen LogP contribution in [0.5, 0.6) is 0 Å². The second-order valence-corrected chi connectivity index (χ2v) is 6.24. The molecular weight excluding hydrogens is 401 g/mol. The molecule has 0 aliphatic carbocycles. The van der Waals surface area contributed by atoms with Crippen molar-refractivity contribution < 1.29 is 9.18 Å². The van der Waals surface area contributed by atoms with Crippen LogP contribution < -0.4 is 5.32 Å². The van der Waals surface area contributed by atoms with Gasteiger partial charge in [-0.05, 0) is 30.2 Å². The van der Waals surface area contributed by atoms with Crippen LogP contribution in [0.3, 0.4) is 0 Å². The predicted octanol–water partition coefficient (Wildman–Crippen LogP) is 4.32. The van der Waals surface area contributed by atoms with Crippen LogP contribution in [0.25, 0.3) is 0 Å². The molecule has 0 saturated carbocycles. The summed E-state index contributed by atoms with van der Waals surface area (Å²) in [5, 5.41) is 3.54. The van der Waals surface area contributed by atoms with Crippen molar-refractivity contribution in [1.29, 1.82) is 0 Å². The zero-order valence-electron chi connectivity index (χ0n) is 11.2. The summed E-state index contributed by atoms with van der Waals surface area (Å²) in [6, 6.07) is 14.0. The van der Waals surface area contributed by atoms with Crippen LogP contribution in [0.15, 0.2) is 53.0 Å². The first-order valence-electron chi connectivity index (χ1n) is 6.45. The van der Waals surface area contributed by atoms with Crippen LogP contribution in [0.4, 0.5) is 4.39 Å². The molecular formula is C16H14Br2FNO. The number of nitrogens with one attached hydrogen (secondary N) is 1. The summed E-state index contributed by atoms with van der Waals surface area (Å²) >= 11 is 6.59. The number of benzene rings is 2. The van der Waals surface area contributed by atoms with Gasteiger partial charge in [0.15, 0.2) is 0 Å². The maximum atomic E-state index is 13.3. The molecule has 1 N–H and O–H groups in total. The number of hydrogen-bond acceptors (Lipinski definition) is 1. The Kier molecular flexibility index (Phi) is 5.94. The molecule has 5 heteroatoms. The third kappa shape index (κ3) is 4.93. The van der Waals surface area contributed by atoms with E-state index >= 15 is 0 Å². The Labute approximate surface area is 140 Å². The molecule has 1 amide bonds. The molecule has 0 aliphatic rings. The topological polar surface area (TPSA) is 29.1 Å². The SMILES string of the molecule is O=C(NC(CBr)Cc1ccccc1)c1cc(F)cc(Br)c1. The maximum Gasteiger partial charge on any atom is 0.251 e. The van der Waals surface area contributed by atoms with Gasteiger partial charge >= 0.3 is 0 Å². The van der Waals surface area contributed by atoms with E-state index in [1.54, 1.807) is 6.07 Å². The fraction of sp³-hybridized carbons (Fsp3) is 0.188. The fourth-order valence-corrected chi connectivity index (χ4v) is 2.85. The number of hydrogen-bond donors (Lipinski definition) is 1. The van der Waals surface area contributed by atoms with Crippen molar-refractivity contribution in [2.45, 2.75) is 12.5 Å². The molecule has 110 valence electrons. The summed E-state index contributed by atoms with van der Waals surface area (Å²) < 4.78 is 13.9. The minimum atomic E-state index is -0.437. The Balaban J connectivity index is 2.05. The van der Waals surface area contributed by atoms with E-state index in [1.807, 2.05) is 30.3 Å². The van der Waals surface area contributed by atoms with Crippen molar-refractivity contribution >= 4 is 37.8 Å². The molecule has 0 aromatic heterocycles. The van der Waals surface area contributed by atoms with Crippen molar-refractivity contribution in [2.24, 2.45) is 0 Å². The second-order valence-electron chi connectivity index (χ2n) is 4.67. The minimum Gasteiger partial charge on any atom is -0.348 e. The second kappa shape index (κ2) is 7.71. The molecule has 2 aromatic carbocycles. The van der Waals surface area contributed by atoms with Gasteiger partial charge in [-0.2, -0.15) is 0 Å². The molecule has 2 aromatic rings. The van der Waals surface area contributed by atoms with Gasteiger partial charge in [-0.25, -0.2) is 4.39 Å². The number of amides is 1. The number of halogens is 3. The summed E-state index contributed by atoms with van der Waals surface area (Å²) in [6.45, 7) is 0. The molecule has 0 heterocycles. The molecule has 0 radical (unpaired) electrons. The molecule has 0 bridgehead atoms. The monoisotopic (exact) mass is 413 g/mol. The quantitative estimate of drug-likeness (QED) is 0.725. The average Bonchev–Trinajstić information content (AvgIpc) is 2.46. The third-order valence-corrected chi connectivity index (χ3v) is 4.21. The first kappa shape index (κ1) is 16.2. The molecule has 2 nitrogen and oxygen atoms in total. The van der Waals surface area contributed by atoms with E-state index in [9.17, 15) is 9.18 Å². The van der Waals surface area contributed by atoms with E-state index in [-0.39, 0.29) is 11.9 Å². The van der Waals surface area contributed by atoms with E-state index in [0.717, 1.165) is 5.56 Å². The molecule has 2 rings (SSSR count). The first-order valence-corrected chi connectivity index (χ1v) is 8.37. The Morgan fingerprint density at radius 1 is 1.19 bits per heavy atom. The van der Waals surface area contributed by atoms with Crippen LogP contribution in [-0.2, 0) is 6.42 Å². The molecule has 0 saturated heterocycles. The summed E-state index contributed by atoms with van der Waals surface area (Å²) in [7, 11) is 0. The lowest BCUT2D eigenvalue weighted by atomic mass is 10.1. The highest BCUT2D eigenvalue weighted by atomic mass is 79.9. The van der Waals surface area contributed by atoms with E-state index in [2.05, 4.69) is 37.2 Å². The van der Waals surface area contributed by atoms with Gasteiger partial charge in [-0.3, -0.25) is 4.79 Å². The lowest BCUT2D eigenvalue weighted by molar-refractivity contribution is 0.0940. The van der Waals surface area contributed by atoms with Gasteiger partial charge in [0.05, 0.1) is 0 Å². The average molecular weight is 415 g/mol. The van der Waals surface area contributed by atoms with Crippen LogP contribution in [-0.4, -0.2) is 17.3 Å². The van der Waals surface area contributed by atoms with E-state index in [0.29, 0.717) is 21.8 Å². The van der Waals surface area contributed by atoms with Gasteiger partial charge in [0, 0.05) is 21.4 Å². The molecule has 0 aliphatic heterocycles. The van der Waals surface area contributed by atoms with Gasteiger partial charge in [0.25, 0.3) is 5.91 Å². The minimum absolute atomic E-state index is 0.0538. The van der Waals surface area contributed by atoms with Crippen molar-refractivity contribution in [3.05, 3.63) is 69.9 Å². The molecule has 1 atom stereocenters. The standard InChI is InChI=1S/C16H14Br2FNO/c17-10-15(6-11-4-2-1-3-5-11)20-16(21)12-7-13(18)9-14(19)8-12/h1-5,7-9,15H,6,10H2,(H,20,21). The Hall–Kier alpha value is -1.20. The maximum absolute atomic E-state index is 13.3. The molecule has 0 fully saturated rings. The Morgan fingerprint density at radius 3 is 2.52 bits per heavy atom. The molecule has 21 heavy (non-hydrogen) atoms. The van der Waals surface area contributed by atoms with Gasteiger partial charge in [-0.1, -0.05) is 62.2 Å². The van der Waals surface area contributed by atoms with E-state index < -0.39 is 5.82 Å². The van der Waals surface area contributed by atoms with Gasteiger partial charge in [0.2, 0.25) is 0 Å². The fourth-order valence-electron chi connectivity index (χ4n) is 2.00. The summed E-state index contributed by atoms with van der Waals surface area (Å²) in [5.74, 6) is -0.719. The smallest absolute Gasteiger partial charge is 0.251 e. The predicted molar refractivity (Wildman–Crippen MR) is 89.3 cm³/mol. The number of carbonyl (C=O) groups excluding carboxylic acids is 1. The Morgan fingerprint density at radius 2 is 1.90 bits per heavy atom. The largest absolute Gasteiger partial charge is 0.348 e. The van der Waals surface area contributed by atoms with Gasteiger partial charge in [-0.15, -0.1) is 0 Å². The van der Waals surface area contributed by atoms with Crippen molar-refractivity contribution in [3.8, 4) is 0 Å². The lowest BCUT2D eigenvalue weighted by Gasteiger charge is -2.16. The van der Waals surface area contributed by atoms with Crippen molar-refractivity contribution in [2.75, 3.05) is 5.33 Å². The zero-order chi connectivity index (χ0) is 15.2. The normalized spacial score (nSPS) is 12.0. The van der Waals surface area contributed by atoms with Gasteiger partial charge in [0.1, 0.15) is 5.82 Å². The highest BCUT2D eigenvalue weighted by Gasteiger charge is 2.14. The molecule has 0 spiro atoms. The van der Waals surface area contributed by atoms with Crippen molar-refractivity contribution in [3.63, 3.8) is 0 Å². The summed E-state index contributed by atoms with van der Waals surface area (Å²) in [5.41, 5.74) is 1.45. The lowest BCUT2D eigenvalue weighted by Crippen LogP contribution is -2.37. The highest BCUT2D eigenvalue weighted by molar-refractivity contribution is 9.10. The number of carbonyl (C=O) groups is 1. The Bertz CT molecular complexity index is 599. The zero-order valence-corrected chi connectivity index (χ0v) is 14.3. The summed E-state index contributed by atoms with van der Waals surface area (Å²) in [4.78, 5) is 12.2. The third-order valence-electron chi connectivity index (χ3n) is 2.97.